The molecule has 1 amide bonds. The molecule has 0 radical (unpaired) electrons. The SMILES string of the molecule is COc1cc(CCNC(=O)COc2ccc(Cl)c(C)c2)ccc1OC(F)F. The van der Waals surface area contributed by atoms with Crippen molar-refractivity contribution in [2.24, 2.45) is 0 Å². The average Bonchev–Trinajstić information content (AvgIpc) is 2.63. The number of hydrogen-bond acceptors (Lipinski definition) is 4. The van der Waals surface area contributed by atoms with E-state index in [0.717, 1.165) is 11.1 Å². The van der Waals surface area contributed by atoms with Crippen LogP contribution in [0.4, 0.5) is 8.78 Å². The van der Waals surface area contributed by atoms with Gasteiger partial charge in [0.05, 0.1) is 7.11 Å². The van der Waals surface area contributed by atoms with Gasteiger partial charge in [0.1, 0.15) is 5.75 Å². The number of alkyl halides is 2. The molecule has 0 heterocycles. The van der Waals surface area contributed by atoms with Gasteiger partial charge in [0, 0.05) is 11.6 Å². The summed E-state index contributed by atoms with van der Waals surface area (Å²) in [5.41, 5.74) is 1.67. The highest BCUT2D eigenvalue weighted by Gasteiger charge is 2.11. The third-order valence-electron chi connectivity index (χ3n) is 3.68. The molecule has 2 aromatic rings. The number of halogens is 3. The summed E-state index contributed by atoms with van der Waals surface area (Å²) in [6, 6.07) is 9.80. The van der Waals surface area contributed by atoms with Gasteiger partial charge in [-0.05, 0) is 54.8 Å². The molecule has 0 aliphatic carbocycles. The van der Waals surface area contributed by atoms with Crippen LogP contribution in [0.25, 0.3) is 0 Å². The molecule has 1 N–H and O–H groups in total. The summed E-state index contributed by atoms with van der Waals surface area (Å²) in [5, 5.41) is 3.36. The van der Waals surface area contributed by atoms with E-state index in [0.29, 0.717) is 23.7 Å². The highest BCUT2D eigenvalue weighted by molar-refractivity contribution is 6.31. The van der Waals surface area contributed by atoms with Gasteiger partial charge in [0.25, 0.3) is 5.91 Å². The van der Waals surface area contributed by atoms with Gasteiger partial charge in [-0.25, -0.2) is 0 Å². The Hall–Kier alpha value is -2.54. The molecule has 2 aromatic carbocycles. The predicted molar refractivity (Wildman–Crippen MR) is 98.0 cm³/mol. The van der Waals surface area contributed by atoms with Crippen LogP contribution >= 0.6 is 11.6 Å². The Morgan fingerprint density at radius 2 is 1.96 bits per heavy atom. The van der Waals surface area contributed by atoms with Crippen LogP contribution < -0.4 is 19.5 Å². The first-order valence-corrected chi connectivity index (χ1v) is 8.54. The minimum Gasteiger partial charge on any atom is -0.493 e. The number of rotatable bonds is 9. The zero-order chi connectivity index (χ0) is 19.8. The molecule has 146 valence electrons. The van der Waals surface area contributed by atoms with Crippen LogP contribution in [-0.4, -0.2) is 32.8 Å². The molecule has 0 unspecified atom stereocenters. The van der Waals surface area contributed by atoms with E-state index in [9.17, 15) is 13.6 Å². The summed E-state index contributed by atoms with van der Waals surface area (Å²) in [6.45, 7) is -0.833. The third kappa shape index (κ3) is 6.60. The molecule has 27 heavy (non-hydrogen) atoms. The number of aryl methyl sites for hydroxylation is 1. The molecule has 0 spiro atoms. The molecule has 2 rings (SSSR count). The second kappa shape index (κ2) is 9.97. The summed E-state index contributed by atoms with van der Waals surface area (Å²) >= 11 is 5.94. The minimum atomic E-state index is -2.92. The molecular formula is C19H20ClF2NO4. The van der Waals surface area contributed by atoms with Crippen molar-refractivity contribution in [1.29, 1.82) is 0 Å². The van der Waals surface area contributed by atoms with Crippen molar-refractivity contribution in [3.63, 3.8) is 0 Å². The zero-order valence-electron chi connectivity index (χ0n) is 14.9. The number of amides is 1. The Morgan fingerprint density at radius 3 is 2.63 bits per heavy atom. The number of carbonyl (C=O) groups is 1. The first-order chi connectivity index (χ1) is 12.9. The monoisotopic (exact) mass is 399 g/mol. The lowest BCUT2D eigenvalue weighted by Crippen LogP contribution is -2.30. The molecule has 0 bridgehead atoms. The smallest absolute Gasteiger partial charge is 0.387 e. The fourth-order valence-corrected chi connectivity index (χ4v) is 2.43. The topological polar surface area (TPSA) is 56.8 Å². The van der Waals surface area contributed by atoms with Crippen molar-refractivity contribution in [3.8, 4) is 17.2 Å². The van der Waals surface area contributed by atoms with Crippen molar-refractivity contribution < 1.29 is 27.8 Å². The van der Waals surface area contributed by atoms with Crippen LogP contribution in [-0.2, 0) is 11.2 Å². The molecule has 8 heteroatoms. The quantitative estimate of drug-likeness (QED) is 0.692. The van der Waals surface area contributed by atoms with Gasteiger partial charge in [-0.1, -0.05) is 17.7 Å². The number of hydrogen-bond donors (Lipinski definition) is 1. The van der Waals surface area contributed by atoms with E-state index in [1.165, 1.54) is 13.2 Å². The van der Waals surface area contributed by atoms with Crippen molar-refractivity contribution >= 4 is 17.5 Å². The number of nitrogens with one attached hydrogen (secondary N) is 1. The van der Waals surface area contributed by atoms with Crippen LogP contribution in [0.3, 0.4) is 0 Å². The Kier molecular flexibility index (Phi) is 7.67. The van der Waals surface area contributed by atoms with E-state index in [-0.39, 0.29) is 24.0 Å². The number of ether oxygens (including phenoxy) is 3. The van der Waals surface area contributed by atoms with Crippen LogP contribution in [0.2, 0.25) is 5.02 Å². The number of carbonyl (C=O) groups excluding carboxylic acids is 1. The minimum absolute atomic E-state index is 0.0352. The second-order valence-corrected chi connectivity index (χ2v) is 6.07. The average molecular weight is 400 g/mol. The maximum absolute atomic E-state index is 12.3. The summed E-state index contributed by atoms with van der Waals surface area (Å²) in [6.07, 6.45) is 0.497. The maximum Gasteiger partial charge on any atom is 0.387 e. The fraction of sp³-hybridized carbons (Fsp3) is 0.316. The summed E-state index contributed by atoms with van der Waals surface area (Å²) in [5.74, 6) is 0.464. The van der Waals surface area contributed by atoms with Crippen molar-refractivity contribution in [3.05, 3.63) is 52.5 Å². The lowest BCUT2D eigenvalue weighted by atomic mass is 10.1. The van der Waals surface area contributed by atoms with E-state index in [4.69, 9.17) is 21.1 Å². The van der Waals surface area contributed by atoms with Gasteiger partial charge >= 0.3 is 6.61 Å². The maximum atomic E-state index is 12.3. The fourth-order valence-electron chi connectivity index (χ4n) is 2.31. The molecule has 0 aliphatic heterocycles. The number of methoxy groups -OCH3 is 1. The lowest BCUT2D eigenvalue weighted by molar-refractivity contribution is -0.123. The first-order valence-electron chi connectivity index (χ1n) is 8.16. The Balaban J connectivity index is 1.79. The van der Waals surface area contributed by atoms with Gasteiger partial charge in [-0.3, -0.25) is 4.79 Å². The molecule has 0 saturated heterocycles. The van der Waals surface area contributed by atoms with Gasteiger partial charge < -0.3 is 19.5 Å². The highest BCUT2D eigenvalue weighted by Crippen LogP contribution is 2.29. The predicted octanol–water partition coefficient (Wildman–Crippen LogP) is 4.00. The van der Waals surface area contributed by atoms with Gasteiger partial charge in [-0.15, -0.1) is 0 Å². The van der Waals surface area contributed by atoms with E-state index >= 15 is 0 Å². The standard InChI is InChI=1S/C19H20ClF2NO4/c1-12-9-14(4-5-15(12)20)26-11-18(24)23-8-7-13-3-6-16(27-19(21)22)17(10-13)25-2/h3-6,9-10,19H,7-8,11H2,1-2H3,(H,23,24). The van der Waals surface area contributed by atoms with E-state index < -0.39 is 6.61 Å². The van der Waals surface area contributed by atoms with Crippen molar-refractivity contribution in [2.75, 3.05) is 20.3 Å². The molecule has 0 atom stereocenters. The van der Waals surface area contributed by atoms with Gasteiger partial charge in [0.15, 0.2) is 18.1 Å². The summed E-state index contributed by atoms with van der Waals surface area (Å²) in [4.78, 5) is 11.9. The normalized spacial score (nSPS) is 10.6. The molecule has 0 aliphatic rings. The van der Waals surface area contributed by atoms with Crippen molar-refractivity contribution in [2.45, 2.75) is 20.0 Å². The van der Waals surface area contributed by atoms with Crippen LogP contribution in [0.5, 0.6) is 17.2 Å². The van der Waals surface area contributed by atoms with E-state index in [1.807, 2.05) is 6.92 Å². The van der Waals surface area contributed by atoms with Crippen molar-refractivity contribution in [1.82, 2.24) is 5.32 Å². The molecule has 5 nitrogen and oxygen atoms in total. The largest absolute Gasteiger partial charge is 0.493 e. The lowest BCUT2D eigenvalue weighted by Gasteiger charge is -2.12. The molecular weight excluding hydrogens is 380 g/mol. The highest BCUT2D eigenvalue weighted by atomic mass is 35.5. The second-order valence-electron chi connectivity index (χ2n) is 5.66. The Labute approximate surface area is 161 Å². The Morgan fingerprint density at radius 1 is 1.19 bits per heavy atom. The number of benzene rings is 2. The molecule has 0 aromatic heterocycles. The zero-order valence-corrected chi connectivity index (χ0v) is 15.7. The van der Waals surface area contributed by atoms with E-state index in [1.54, 1.807) is 30.3 Å². The van der Waals surface area contributed by atoms with E-state index in [2.05, 4.69) is 10.1 Å². The molecule has 0 saturated carbocycles. The Bertz CT molecular complexity index is 786. The van der Waals surface area contributed by atoms with Gasteiger partial charge in [-0.2, -0.15) is 8.78 Å². The van der Waals surface area contributed by atoms with Crippen LogP contribution in [0, 0.1) is 6.92 Å². The summed E-state index contributed by atoms with van der Waals surface area (Å²) < 4.78 is 39.5. The van der Waals surface area contributed by atoms with Gasteiger partial charge in [0.2, 0.25) is 0 Å². The third-order valence-corrected chi connectivity index (χ3v) is 4.10. The van der Waals surface area contributed by atoms with Crippen LogP contribution in [0.15, 0.2) is 36.4 Å². The van der Waals surface area contributed by atoms with Crippen LogP contribution in [0.1, 0.15) is 11.1 Å². The molecule has 0 fully saturated rings. The summed E-state index contributed by atoms with van der Waals surface area (Å²) in [7, 11) is 1.37. The first kappa shape index (κ1) is 20.8.